The highest BCUT2D eigenvalue weighted by Crippen LogP contribution is 2.26. The van der Waals surface area contributed by atoms with Gasteiger partial charge in [0.1, 0.15) is 11.5 Å². The molecule has 3 N–H and O–H groups in total. The fourth-order valence-electron chi connectivity index (χ4n) is 1.70. The third kappa shape index (κ3) is 5.21. The van der Waals surface area contributed by atoms with Gasteiger partial charge in [0.2, 0.25) is 5.88 Å². The monoisotopic (exact) mass is 281 g/mol. The van der Waals surface area contributed by atoms with E-state index in [0.717, 1.165) is 38.2 Å². The predicted octanol–water partition coefficient (Wildman–Crippen LogP) is 1.77. The summed E-state index contributed by atoms with van der Waals surface area (Å²) in [4.78, 5) is 10.9. The zero-order valence-electron chi connectivity index (χ0n) is 13.1. The number of nitrogen functional groups attached to an aromatic ring is 1. The molecule has 0 aliphatic carbocycles. The van der Waals surface area contributed by atoms with E-state index in [1.54, 1.807) is 0 Å². The molecule has 0 amide bonds. The molecule has 0 aromatic carbocycles. The topological polar surface area (TPSA) is 76.3 Å². The van der Waals surface area contributed by atoms with Crippen LogP contribution < -0.4 is 15.8 Å². The van der Waals surface area contributed by atoms with Crippen LogP contribution >= 0.6 is 0 Å². The van der Waals surface area contributed by atoms with E-state index in [2.05, 4.69) is 41.2 Å². The molecule has 0 saturated heterocycles. The number of ether oxygens (including phenoxy) is 1. The second-order valence-electron chi connectivity index (χ2n) is 4.99. The van der Waals surface area contributed by atoms with Crippen molar-refractivity contribution in [2.24, 2.45) is 0 Å². The van der Waals surface area contributed by atoms with Crippen LogP contribution in [0.1, 0.15) is 32.5 Å². The molecule has 0 aliphatic rings. The van der Waals surface area contributed by atoms with Gasteiger partial charge < -0.3 is 20.7 Å². The van der Waals surface area contributed by atoms with Crippen LogP contribution in [-0.2, 0) is 6.42 Å². The largest absolute Gasteiger partial charge is 0.476 e. The molecule has 0 saturated carbocycles. The van der Waals surface area contributed by atoms with E-state index < -0.39 is 0 Å². The normalized spacial score (nSPS) is 10.8. The molecule has 1 heterocycles. The lowest BCUT2D eigenvalue weighted by molar-refractivity contribution is 0.305. The molecule has 20 heavy (non-hydrogen) atoms. The number of rotatable bonds is 9. The van der Waals surface area contributed by atoms with Gasteiger partial charge in [-0.2, -0.15) is 4.98 Å². The SMILES string of the molecule is CCCOc1nc(CC)nc(NCCCN(C)C)c1N. The molecule has 6 heteroatoms. The zero-order chi connectivity index (χ0) is 15.0. The smallest absolute Gasteiger partial charge is 0.242 e. The van der Waals surface area contributed by atoms with E-state index >= 15 is 0 Å². The molecular weight excluding hydrogens is 254 g/mol. The average molecular weight is 281 g/mol. The summed E-state index contributed by atoms with van der Waals surface area (Å²) < 4.78 is 5.59. The van der Waals surface area contributed by atoms with Gasteiger partial charge in [-0.1, -0.05) is 13.8 Å². The molecule has 0 unspecified atom stereocenters. The van der Waals surface area contributed by atoms with Gasteiger partial charge in [-0.05, 0) is 33.5 Å². The predicted molar refractivity (Wildman–Crippen MR) is 83.3 cm³/mol. The van der Waals surface area contributed by atoms with Gasteiger partial charge in [-0.15, -0.1) is 0 Å². The first-order chi connectivity index (χ1) is 9.58. The van der Waals surface area contributed by atoms with E-state index in [-0.39, 0.29) is 0 Å². The number of hydrogen-bond acceptors (Lipinski definition) is 6. The number of hydrogen-bond donors (Lipinski definition) is 2. The number of nitrogens with two attached hydrogens (primary N) is 1. The van der Waals surface area contributed by atoms with Crippen molar-refractivity contribution in [3.8, 4) is 5.88 Å². The van der Waals surface area contributed by atoms with Crippen molar-refractivity contribution >= 4 is 11.5 Å². The second-order valence-corrected chi connectivity index (χ2v) is 4.99. The summed E-state index contributed by atoms with van der Waals surface area (Å²) in [6.07, 6.45) is 2.72. The Balaban J connectivity index is 2.72. The minimum absolute atomic E-state index is 0.494. The molecule has 1 aromatic heterocycles. The lowest BCUT2D eigenvalue weighted by Crippen LogP contribution is -2.17. The lowest BCUT2D eigenvalue weighted by Gasteiger charge is -2.14. The first kappa shape index (κ1) is 16.5. The molecule has 0 atom stereocenters. The van der Waals surface area contributed by atoms with Crippen molar-refractivity contribution < 1.29 is 4.74 Å². The van der Waals surface area contributed by atoms with Gasteiger partial charge in [-0.25, -0.2) is 4.98 Å². The Morgan fingerprint density at radius 3 is 2.60 bits per heavy atom. The fraction of sp³-hybridized carbons (Fsp3) is 0.714. The molecule has 1 aromatic rings. The van der Waals surface area contributed by atoms with Crippen LogP contribution in [-0.4, -0.2) is 48.7 Å². The van der Waals surface area contributed by atoms with E-state index in [0.29, 0.717) is 24.0 Å². The average Bonchev–Trinajstić information content (AvgIpc) is 2.43. The van der Waals surface area contributed by atoms with Crippen LogP contribution in [0, 0.1) is 0 Å². The minimum Gasteiger partial charge on any atom is -0.476 e. The van der Waals surface area contributed by atoms with Crippen LogP contribution in [0.4, 0.5) is 11.5 Å². The van der Waals surface area contributed by atoms with Gasteiger partial charge in [-0.3, -0.25) is 0 Å². The zero-order valence-corrected chi connectivity index (χ0v) is 13.1. The van der Waals surface area contributed by atoms with Gasteiger partial charge in [0.25, 0.3) is 0 Å². The van der Waals surface area contributed by atoms with Crippen molar-refractivity contribution in [1.29, 1.82) is 0 Å². The first-order valence-electron chi connectivity index (χ1n) is 7.26. The quantitative estimate of drug-likeness (QED) is 0.672. The summed E-state index contributed by atoms with van der Waals surface area (Å²) in [6, 6.07) is 0. The summed E-state index contributed by atoms with van der Waals surface area (Å²) >= 11 is 0. The van der Waals surface area contributed by atoms with E-state index in [1.165, 1.54) is 0 Å². The Labute approximate surface area is 121 Å². The molecule has 0 radical (unpaired) electrons. The molecule has 6 nitrogen and oxygen atoms in total. The summed E-state index contributed by atoms with van der Waals surface area (Å²) in [5.41, 5.74) is 6.57. The highest BCUT2D eigenvalue weighted by molar-refractivity contribution is 5.66. The Bertz CT molecular complexity index is 409. The molecule has 114 valence electrons. The van der Waals surface area contributed by atoms with Crippen molar-refractivity contribution in [2.45, 2.75) is 33.1 Å². The number of nitrogens with one attached hydrogen (secondary N) is 1. The van der Waals surface area contributed by atoms with Crippen LogP contribution in [0.15, 0.2) is 0 Å². The van der Waals surface area contributed by atoms with Crippen molar-refractivity contribution in [3.63, 3.8) is 0 Å². The second kappa shape index (κ2) is 8.58. The maximum Gasteiger partial charge on any atom is 0.242 e. The number of anilines is 2. The van der Waals surface area contributed by atoms with Crippen molar-refractivity contribution in [2.75, 3.05) is 44.8 Å². The summed E-state index contributed by atoms with van der Waals surface area (Å²) in [6.45, 7) is 6.54. The summed E-state index contributed by atoms with van der Waals surface area (Å²) in [7, 11) is 4.12. The van der Waals surface area contributed by atoms with E-state index in [4.69, 9.17) is 10.5 Å². The highest BCUT2D eigenvalue weighted by Gasteiger charge is 2.12. The molecule has 0 fully saturated rings. The fourth-order valence-corrected chi connectivity index (χ4v) is 1.70. The van der Waals surface area contributed by atoms with Gasteiger partial charge in [0, 0.05) is 13.0 Å². The number of aryl methyl sites for hydroxylation is 1. The molecule has 0 aliphatic heterocycles. The minimum atomic E-state index is 0.494. The molecule has 1 rings (SSSR count). The number of aromatic nitrogens is 2. The van der Waals surface area contributed by atoms with Gasteiger partial charge in [0.15, 0.2) is 5.82 Å². The van der Waals surface area contributed by atoms with Crippen LogP contribution in [0.25, 0.3) is 0 Å². The van der Waals surface area contributed by atoms with Crippen LogP contribution in [0.2, 0.25) is 0 Å². The lowest BCUT2D eigenvalue weighted by atomic mass is 10.3. The van der Waals surface area contributed by atoms with Gasteiger partial charge >= 0.3 is 0 Å². The van der Waals surface area contributed by atoms with Crippen molar-refractivity contribution in [1.82, 2.24) is 14.9 Å². The Kier molecular flexibility index (Phi) is 7.08. The maximum atomic E-state index is 6.07. The van der Waals surface area contributed by atoms with Crippen LogP contribution in [0.3, 0.4) is 0 Å². The summed E-state index contributed by atoms with van der Waals surface area (Å²) in [5, 5.41) is 3.28. The van der Waals surface area contributed by atoms with E-state index in [1.807, 2.05) is 6.92 Å². The molecular formula is C14H27N5O. The highest BCUT2D eigenvalue weighted by atomic mass is 16.5. The Morgan fingerprint density at radius 1 is 1.25 bits per heavy atom. The van der Waals surface area contributed by atoms with E-state index in [9.17, 15) is 0 Å². The standard InChI is InChI=1S/C14H27N5O/c1-5-10-20-14-12(15)13(17-11(6-2)18-14)16-8-7-9-19(3)4/h5-10,15H2,1-4H3,(H,16,17,18). The maximum absolute atomic E-state index is 6.07. The summed E-state index contributed by atoms with van der Waals surface area (Å²) in [5.74, 6) is 1.93. The first-order valence-corrected chi connectivity index (χ1v) is 7.26. The third-order valence-electron chi connectivity index (χ3n) is 2.79. The van der Waals surface area contributed by atoms with Crippen LogP contribution in [0.5, 0.6) is 5.88 Å². The Morgan fingerprint density at radius 2 is 2.00 bits per heavy atom. The third-order valence-corrected chi connectivity index (χ3v) is 2.79. The molecule has 0 spiro atoms. The van der Waals surface area contributed by atoms with Gasteiger partial charge in [0.05, 0.1) is 6.61 Å². The molecule has 0 bridgehead atoms. The van der Waals surface area contributed by atoms with Crippen molar-refractivity contribution in [3.05, 3.63) is 5.82 Å². The number of nitrogens with zero attached hydrogens (tertiary/aromatic N) is 3. The Hall–Kier alpha value is -1.56.